The molecule has 184 valence electrons. The van der Waals surface area contributed by atoms with E-state index in [1.54, 1.807) is 19.2 Å². The van der Waals surface area contributed by atoms with Crippen LogP contribution in [-0.2, 0) is 19.6 Å². The molecule has 1 saturated heterocycles. The van der Waals surface area contributed by atoms with E-state index in [0.717, 1.165) is 22.4 Å². The molecule has 0 bridgehead atoms. The molecule has 0 aliphatic carbocycles. The predicted molar refractivity (Wildman–Crippen MR) is 131 cm³/mol. The molecule has 0 atom stereocenters. The molecule has 1 aliphatic heterocycles. The molecule has 2 aromatic rings. The van der Waals surface area contributed by atoms with Crippen LogP contribution in [0.3, 0.4) is 0 Å². The number of sulfonamides is 1. The molecule has 0 aromatic heterocycles. The predicted octanol–water partition coefficient (Wildman–Crippen LogP) is 3.12. The smallest absolute Gasteiger partial charge is 0.243 e. The van der Waals surface area contributed by atoms with Gasteiger partial charge in [0.2, 0.25) is 21.8 Å². The minimum atomic E-state index is -3.63. The Morgan fingerprint density at radius 3 is 2.15 bits per heavy atom. The SMILES string of the molecule is COc1ccc(S(=O)(=O)N2CCC(C(=O)N(C)CC(=O)Nc3c(C)cc(C)cc3C)CC2)cc1. The number of nitrogens with zero attached hydrogens (tertiary/aromatic N) is 2. The standard InChI is InChI=1S/C25H33N3O5S/c1-17-14-18(2)24(19(3)15-17)26-23(29)16-27(4)25(30)20-10-12-28(13-11-20)34(31,32)22-8-6-21(33-5)7-9-22/h6-9,14-15,20H,10-13,16H2,1-5H3,(H,26,29). The van der Waals surface area contributed by atoms with Crippen molar-refractivity contribution in [2.24, 2.45) is 5.92 Å². The molecule has 1 fully saturated rings. The number of carbonyl (C=O) groups excluding carboxylic acids is 2. The normalized spacial score (nSPS) is 15.1. The van der Waals surface area contributed by atoms with Gasteiger partial charge in [-0.3, -0.25) is 9.59 Å². The minimum absolute atomic E-state index is 0.0596. The van der Waals surface area contributed by atoms with Crippen LogP contribution < -0.4 is 10.1 Å². The lowest BCUT2D eigenvalue weighted by Crippen LogP contribution is -2.45. The summed E-state index contributed by atoms with van der Waals surface area (Å²) in [6.45, 7) is 6.34. The number of carbonyl (C=O) groups is 2. The zero-order chi connectivity index (χ0) is 25.0. The summed E-state index contributed by atoms with van der Waals surface area (Å²) in [7, 11) is -0.500. The Bertz CT molecular complexity index is 1130. The van der Waals surface area contributed by atoms with Crippen molar-refractivity contribution in [3.8, 4) is 5.75 Å². The number of hydrogen-bond donors (Lipinski definition) is 1. The lowest BCUT2D eigenvalue weighted by atomic mass is 9.96. The first-order valence-electron chi connectivity index (χ1n) is 11.3. The van der Waals surface area contributed by atoms with Gasteiger partial charge >= 0.3 is 0 Å². The van der Waals surface area contributed by atoms with Gasteiger partial charge in [0.15, 0.2) is 0 Å². The van der Waals surface area contributed by atoms with E-state index >= 15 is 0 Å². The van der Waals surface area contributed by atoms with Gasteiger partial charge < -0.3 is 15.0 Å². The van der Waals surface area contributed by atoms with Crippen LogP contribution in [0.2, 0.25) is 0 Å². The summed E-state index contributed by atoms with van der Waals surface area (Å²) in [6, 6.07) is 10.3. The summed E-state index contributed by atoms with van der Waals surface area (Å²) in [5, 5.41) is 2.92. The number of benzene rings is 2. The van der Waals surface area contributed by atoms with Gasteiger partial charge in [0.1, 0.15) is 5.75 Å². The van der Waals surface area contributed by atoms with Crippen molar-refractivity contribution in [1.82, 2.24) is 9.21 Å². The van der Waals surface area contributed by atoms with E-state index in [4.69, 9.17) is 4.74 Å². The maximum absolute atomic E-state index is 12.9. The second kappa shape index (κ2) is 10.6. The number of ether oxygens (including phenoxy) is 1. The third-order valence-electron chi connectivity index (χ3n) is 6.20. The average molecular weight is 488 g/mol. The lowest BCUT2D eigenvalue weighted by molar-refractivity contribution is -0.138. The molecule has 2 aromatic carbocycles. The maximum atomic E-state index is 12.9. The van der Waals surface area contributed by atoms with Crippen molar-refractivity contribution in [3.63, 3.8) is 0 Å². The van der Waals surface area contributed by atoms with Gasteiger partial charge in [-0.15, -0.1) is 0 Å². The molecular formula is C25H33N3O5S. The molecule has 0 unspecified atom stereocenters. The summed E-state index contributed by atoms with van der Waals surface area (Å²) in [6.07, 6.45) is 0.826. The number of aryl methyl sites for hydroxylation is 3. The molecule has 9 heteroatoms. The Labute approximate surface area is 201 Å². The highest BCUT2D eigenvalue weighted by Crippen LogP contribution is 2.26. The molecule has 1 heterocycles. The summed E-state index contributed by atoms with van der Waals surface area (Å²) in [5.41, 5.74) is 3.85. The fourth-order valence-corrected chi connectivity index (χ4v) is 5.87. The van der Waals surface area contributed by atoms with Crippen LogP contribution in [0.5, 0.6) is 5.75 Å². The Kier molecular flexibility index (Phi) is 7.99. The zero-order valence-electron chi connectivity index (χ0n) is 20.4. The van der Waals surface area contributed by atoms with E-state index in [2.05, 4.69) is 5.32 Å². The van der Waals surface area contributed by atoms with Crippen LogP contribution in [0.25, 0.3) is 0 Å². The van der Waals surface area contributed by atoms with Gasteiger partial charge in [-0.05, 0) is 69.0 Å². The molecule has 0 radical (unpaired) electrons. The summed E-state index contributed by atoms with van der Waals surface area (Å²) < 4.78 is 32.4. The van der Waals surface area contributed by atoms with Gasteiger partial charge in [-0.25, -0.2) is 8.42 Å². The highest BCUT2D eigenvalue weighted by atomic mass is 32.2. The quantitative estimate of drug-likeness (QED) is 0.647. The number of piperidine rings is 1. The number of hydrogen-bond acceptors (Lipinski definition) is 5. The van der Waals surface area contributed by atoms with Gasteiger partial charge in [-0.1, -0.05) is 17.7 Å². The van der Waals surface area contributed by atoms with E-state index < -0.39 is 10.0 Å². The second-order valence-electron chi connectivity index (χ2n) is 8.87. The molecule has 3 rings (SSSR count). The summed E-state index contributed by atoms with van der Waals surface area (Å²) in [5.74, 6) is -0.134. The number of methoxy groups -OCH3 is 1. The molecule has 0 saturated carbocycles. The highest BCUT2D eigenvalue weighted by Gasteiger charge is 2.33. The lowest BCUT2D eigenvalue weighted by Gasteiger charge is -2.32. The first-order chi connectivity index (χ1) is 16.0. The zero-order valence-corrected chi connectivity index (χ0v) is 21.2. The van der Waals surface area contributed by atoms with Crippen LogP contribution in [0.15, 0.2) is 41.3 Å². The molecule has 1 aliphatic rings. The minimum Gasteiger partial charge on any atom is -0.497 e. The van der Waals surface area contributed by atoms with E-state index in [1.165, 1.54) is 28.4 Å². The number of nitrogens with one attached hydrogen (secondary N) is 1. The average Bonchev–Trinajstić information content (AvgIpc) is 2.81. The van der Waals surface area contributed by atoms with Crippen molar-refractivity contribution in [1.29, 1.82) is 0 Å². The largest absolute Gasteiger partial charge is 0.497 e. The van der Waals surface area contributed by atoms with Crippen molar-refractivity contribution in [2.45, 2.75) is 38.5 Å². The topological polar surface area (TPSA) is 96.0 Å². The number of likely N-dealkylation sites (N-methyl/N-ethyl adjacent to an activating group) is 1. The summed E-state index contributed by atoms with van der Waals surface area (Å²) in [4.78, 5) is 27.1. The maximum Gasteiger partial charge on any atom is 0.243 e. The number of amides is 2. The van der Waals surface area contributed by atoms with Crippen molar-refractivity contribution >= 4 is 27.5 Å². The first-order valence-corrected chi connectivity index (χ1v) is 12.7. The second-order valence-corrected chi connectivity index (χ2v) is 10.8. The Hall–Kier alpha value is -2.91. The van der Waals surface area contributed by atoms with Crippen LogP contribution >= 0.6 is 0 Å². The first kappa shape index (κ1) is 25.7. The Morgan fingerprint density at radius 1 is 1.06 bits per heavy atom. The van der Waals surface area contributed by atoms with Gasteiger partial charge in [0.05, 0.1) is 18.6 Å². The molecule has 2 amide bonds. The van der Waals surface area contributed by atoms with E-state index in [1.807, 2.05) is 32.9 Å². The van der Waals surface area contributed by atoms with Crippen LogP contribution in [0.4, 0.5) is 5.69 Å². The van der Waals surface area contributed by atoms with Gasteiger partial charge in [0, 0.05) is 31.7 Å². The van der Waals surface area contributed by atoms with Crippen molar-refractivity contribution in [2.75, 3.05) is 39.1 Å². The fraction of sp³-hybridized carbons (Fsp3) is 0.440. The van der Waals surface area contributed by atoms with Crippen LogP contribution in [-0.4, -0.2) is 63.2 Å². The number of anilines is 1. The monoisotopic (exact) mass is 487 g/mol. The molecule has 1 N–H and O–H groups in total. The van der Waals surface area contributed by atoms with Gasteiger partial charge in [-0.2, -0.15) is 4.31 Å². The molecule has 0 spiro atoms. The molecule has 8 nitrogen and oxygen atoms in total. The third kappa shape index (κ3) is 5.77. The van der Waals surface area contributed by atoms with Crippen LogP contribution in [0.1, 0.15) is 29.5 Å². The van der Waals surface area contributed by atoms with Crippen molar-refractivity contribution < 1.29 is 22.7 Å². The van der Waals surface area contributed by atoms with E-state index in [9.17, 15) is 18.0 Å². The molecular weight excluding hydrogens is 454 g/mol. The summed E-state index contributed by atoms with van der Waals surface area (Å²) >= 11 is 0. The highest BCUT2D eigenvalue weighted by molar-refractivity contribution is 7.89. The van der Waals surface area contributed by atoms with E-state index in [-0.39, 0.29) is 42.3 Å². The van der Waals surface area contributed by atoms with Gasteiger partial charge in [0.25, 0.3) is 0 Å². The molecule has 34 heavy (non-hydrogen) atoms. The van der Waals surface area contributed by atoms with Crippen molar-refractivity contribution in [3.05, 3.63) is 53.1 Å². The Morgan fingerprint density at radius 2 is 1.62 bits per heavy atom. The van der Waals surface area contributed by atoms with E-state index in [0.29, 0.717) is 18.6 Å². The third-order valence-corrected chi connectivity index (χ3v) is 8.11. The Balaban J connectivity index is 1.55. The fourth-order valence-electron chi connectivity index (χ4n) is 4.40. The van der Waals surface area contributed by atoms with Crippen LogP contribution in [0, 0.1) is 26.7 Å². The number of rotatable bonds is 7.